The molecular weight excluding hydrogens is 601 g/mol. The van der Waals surface area contributed by atoms with E-state index in [4.69, 9.17) is 43.4 Å². The second kappa shape index (κ2) is 15.3. The molecule has 2 aliphatic heterocycles. The largest absolute Gasteiger partial charge is 0.490 e. The Labute approximate surface area is 267 Å². The van der Waals surface area contributed by atoms with E-state index in [2.05, 4.69) is 21.3 Å². The van der Waals surface area contributed by atoms with Crippen LogP contribution in [0.15, 0.2) is 83.2 Å². The van der Waals surface area contributed by atoms with E-state index in [0.717, 1.165) is 11.1 Å². The second-order valence-corrected chi connectivity index (χ2v) is 10.6. The van der Waals surface area contributed by atoms with E-state index < -0.39 is 24.0 Å². The summed E-state index contributed by atoms with van der Waals surface area (Å²) in [5, 5.41) is 13.2. The molecule has 12 heteroatoms. The molecule has 0 aliphatic carbocycles. The zero-order chi connectivity index (χ0) is 31.6. The van der Waals surface area contributed by atoms with Gasteiger partial charge >= 0.3 is 11.9 Å². The van der Waals surface area contributed by atoms with Crippen LogP contribution in [0.3, 0.4) is 0 Å². The van der Waals surface area contributed by atoms with Crippen LogP contribution in [-0.2, 0) is 19.1 Å². The van der Waals surface area contributed by atoms with E-state index in [9.17, 15) is 9.59 Å². The average molecular weight is 637 g/mol. The monoisotopic (exact) mass is 636 g/mol. The van der Waals surface area contributed by atoms with Crippen molar-refractivity contribution < 1.29 is 28.5 Å². The number of hydrogen-bond acceptors (Lipinski definition) is 8. The van der Waals surface area contributed by atoms with Crippen molar-refractivity contribution in [3.8, 4) is 11.5 Å². The highest BCUT2D eigenvalue weighted by atomic mass is 32.1. The number of carbonyl (C=O) groups excluding carboxylic acids is 2. The zero-order valence-corrected chi connectivity index (χ0v) is 26.7. The number of rotatable bonds is 12. The van der Waals surface area contributed by atoms with Gasteiger partial charge in [-0.05, 0) is 99.7 Å². The van der Waals surface area contributed by atoms with Crippen LogP contribution in [0.4, 0.5) is 0 Å². The molecule has 2 heterocycles. The summed E-state index contributed by atoms with van der Waals surface area (Å²) in [6.45, 7) is 8.31. The van der Waals surface area contributed by atoms with Gasteiger partial charge in [0.1, 0.15) is 24.7 Å². The van der Waals surface area contributed by atoms with Crippen molar-refractivity contribution in [3.63, 3.8) is 0 Å². The summed E-state index contributed by atoms with van der Waals surface area (Å²) in [6.07, 6.45) is 3.72. The minimum Gasteiger partial charge on any atom is -0.490 e. The third-order valence-electron chi connectivity index (χ3n) is 6.77. The molecule has 2 atom stereocenters. The highest BCUT2D eigenvalue weighted by Gasteiger charge is 2.32. The van der Waals surface area contributed by atoms with Gasteiger partial charge in [0.25, 0.3) is 0 Å². The number of ether oxygens (including phenoxy) is 4. The second-order valence-electron chi connectivity index (χ2n) is 9.82. The molecule has 0 saturated heterocycles. The maximum Gasteiger partial charge on any atom is 0.338 e. The van der Waals surface area contributed by atoms with Gasteiger partial charge in [-0.2, -0.15) is 0 Å². The lowest BCUT2D eigenvalue weighted by atomic mass is 9.95. The Balaban J connectivity index is 1.35. The summed E-state index contributed by atoms with van der Waals surface area (Å²) in [6, 6.07) is 14.0. The van der Waals surface area contributed by atoms with Crippen LogP contribution < -0.4 is 30.7 Å². The lowest BCUT2D eigenvalue weighted by molar-refractivity contribution is -0.140. The van der Waals surface area contributed by atoms with E-state index in [0.29, 0.717) is 57.5 Å². The highest BCUT2D eigenvalue weighted by Crippen LogP contribution is 2.31. The first-order valence-corrected chi connectivity index (χ1v) is 15.0. The number of esters is 2. The summed E-state index contributed by atoms with van der Waals surface area (Å²) in [5.41, 5.74) is 3.89. The number of nitrogens with one attached hydrogen (secondary N) is 4. The smallest absolute Gasteiger partial charge is 0.338 e. The molecule has 0 amide bonds. The van der Waals surface area contributed by atoms with Gasteiger partial charge in [-0.3, -0.25) is 0 Å². The van der Waals surface area contributed by atoms with Crippen LogP contribution in [0.1, 0.15) is 50.9 Å². The molecule has 0 radical (unpaired) electrons. The molecular formula is C32H36N4O6S2. The van der Waals surface area contributed by atoms with Crippen LogP contribution in [0.2, 0.25) is 0 Å². The number of benzene rings is 2. The lowest BCUT2D eigenvalue weighted by Gasteiger charge is -2.30. The summed E-state index contributed by atoms with van der Waals surface area (Å²) in [5.74, 6) is 0.472. The summed E-state index contributed by atoms with van der Waals surface area (Å²) in [4.78, 5) is 25.3. The molecule has 4 N–H and O–H groups in total. The van der Waals surface area contributed by atoms with Crippen molar-refractivity contribution in [2.24, 2.45) is 0 Å². The Morgan fingerprint density at radius 3 is 1.52 bits per heavy atom. The molecule has 0 fully saturated rings. The van der Waals surface area contributed by atoms with E-state index in [-0.39, 0.29) is 13.2 Å². The molecule has 4 rings (SSSR count). The van der Waals surface area contributed by atoms with Crippen LogP contribution >= 0.6 is 24.4 Å². The Morgan fingerprint density at radius 1 is 0.727 bits per heavy atom. The maximum atomic E-state index is 12.7. The van der Waals surface area contributed by atoms with Crippen molar-refractivity contribution >= 4 is 46.6 Å². The number of carbonyl (C=O) groups is 2. The first-order valence-electron chi connectivity index (χ1n) is 14.2. The molecule has 2 unspecified atom stereocenters. The predicted molar refractivity (Wildman–Crippen MR) is 175 cm³/mol. The molecule has 2 aromatic rings. The molecule has 2 aromatic carbocycles. The third kappa shape index (κ3) is 8.14. The predicted octanol–water partition coefficient (Wildman–Crippen LogP) is 4.41. The summed E-state index contributed by atoms with van der Waals surface area (Å²) < 4.78 is 22.4. The van der Waals surface area contributed by atoms with Gasteiger partial charge in [0.05, 0.1) is 36.4 Å². The quantitative estimate of drug-likeness (QED) is 0.150. The number of thiocarbonyl (C=S) groups is 2. The Morgan fingerprint density at radius 2 is 1.14 bits per heavy atom. The van der Waals surface area contributed by atoms with Crippen molar-refractivity contribution in [2.75, 3.05) is 26.4 Å². The van der Waals surface area contributed by atoms with Gasteiger partial charge < -0.3 is 40.2 Å². The Hall–Kier alpha value is -4.42. The van der Waals surface area contributed by atoms with Crippen LogP contribution in [0.25, 0.3) is 0 Å². The van der Waals surface area contributed by atoms with Crippen molar-refractivity contribution in [1.82, 2.24) is 21.3 Å². The molecule has 10 nitrogen and oxygen atoms in total. The average Bonchev–Trinajstić information content (AvgIpc) is 2.98. The SMILES string of the molecule is CCOC(=O)C1=C(C)NC(=S)NC1c1cccc(OC/C=C\COc2cccc(C3NC(=S)NC(C)=C3C(=O)OCC)c2)c1. The Kier molecular flexibility index (Phi) is 11.3. The first kappa shape index (κ1) is 32.5. The first-order chi connectivity index (χ1) is 21.2. The van der Waals surface area contributed by atoms with Gasteiger partial charge in [0.2, 0.25) is 0 Å². The standard InChI is InChI=1S/C32H36N4O6S2/c1-5-39-29(37)25-19(3)33-31(43)35-27(25)21-11-9-13-23(17-21)41-15-7-8-16-42-24-14-10-12-22(18-24)28-26(30(38)40-6-2)20(4)34-32(44)36-28/h7-14,17-18,27-28H,5-6,15-16H2,1-4H3,(H2,33,35,43)(H2,34,36,44)/b8-7-. The molecule has 232 valence electrons. The zero-order valence-electron chi connectivity index (χ0n) is 25.0. The van der Waals surface area contributed by atoms with Gasteiger partial charge in [-0.15, -0.1) is 0 Å². The highest BCUT2D eigenvalue weighted by molar-refractivity contribution is 7.80. The fourth-order valence-corrected chi connectivity index (χ4v) is 5.38. The van der Waals surface area contributed by atoms with E-state index in [1.54, 1.807) is 27.7 Å². The minimum absolute atomic E-state index is 0.273. The van der Waals surface area contributed by atoms with Gasteiger partial charge in [0.15, 0.2) is 10.2 Å². The molecule has 2 aliphatic rings. The van der Waals surface area contributed by atoms with E-state index in [1.165, 1.54) is 0 Å². The molecule has 0 aromatic heterocycles. The minimum atomic E-state index is -0.463. The van der Waals surface area contributed by atoms with E-state index in [1.807, 2.05) is 60.7 Å². The molecule has 44 heavy (non-hydrogen) atoms. The van der Waals surface area contributed by atoms with Crippen LogP contribution in [0, 0.1) is 0 Å². The van der Waals surface area contributed by atoms with Crippen molar-refractivity contribution in [2.45, 2.75) is 39.8 Å². The van der Waals surface area contributed by atoms with Crippen LogP contribution in [0.5, 0.6) is 11.5 Å². The summed E-state index contributed by atoms with van der Waals surface area (Å²) >= 11 is 10.7. The normalized spacial score (nSPS) is 18.2. The van der Waals surface area contributed by atoms with Crippen molar-refractivity contribution in [3.05, 3.63) is 94.4 Å². The molecule has 0 saturated carbocycles. The fourth-order valence-electron chi connectivity index (χ4n) is 4.84. The van der Waals surface area contributed by atoms with E-state index >= 15 is 0 Å². The fraction of sp³-hybridized carbons (Fsp3) is 0.312. The third-order valence-corrected chi connectivity index (χ3v) is 7.21. The number of hydrogen-bond donors (Lipinski definition) is 4. The lowest BCUT2D eigenvalue weighted by Crippen LogP contribution is -2.45. The van der Waals surface area contributed by atoms with Gasteiger partial charge in [-0.25, -0.2) is 9.59 Å². The topological polar surface area (TPSA) is 119 Å². The van der Waals surface area contributed by atoms with Gasteiger partial charge in [-0.1, -0.05) is 24.3 Å². The maximum absolute atomic E-state index is 12.7. The van der Waals surface area contributed by atoms with Crippen LogP contribution in [-0.4, -0.2) is 48.6 Å². The van der Waals surface area contributed by atoms with Crippen molar-refractivity contribution in [1.29, 1.82) is 0 Å². The van der Waals surface area contributed by atoms with Gasteiger partial charge in [0, 0.05) is 11.4 Å². The molecule has 0 bridgehead atoms. The number of allylic oxidation sites excluding steroid dienone is 2. The Bertz CT molecular complexity index is 1410. The molecule has 0 spiro atoms. The summed E-state index contributed by atoms with van der Waals surface area (Å²) in [7, 11) is 0.